The molecule has 5 nitrogen and oxygen atoms in total. The standard InChI is InChI=1S/C19H20N4O/c24-12-11-20-9-10-21-19-17-13-5-1-3-7-15(13)22-18(17)14-6-2-4-8-16(14)23-19/h1-8,20,22,24H,9-12H2,(H,21,23). The highest BCUT2D eigenvalue weighted by atomic mass is 16.3. The Kier molecular flexibility index (Phi) is 4.02. The fraction of sp³-hybridized carbons (Fsp3) is 0.211. The molecule has 0 radical (unpaired) electrons. The number of aliphatic hydroxyl groups is 1. The van der Waals surface area contributed by atoms with Crippen LogP contribution >= 0.6 is 0 Å². The zero-order valence-electron chi connectivity index (χ0n) is 13.3. The van der Waals surface area contributed by atoms with E-state index < -0.39 is 0 Å². The number of hydrogen-bond acceptors (Lipinski definition) is 4. The zero-order chi connectivity index (χ0) is 16.4. The van der Waals surface area contributed by atoms with E-state index in [9.17, 15) is 0 Å². The molecule has 0 aliphatic heterocycles. The largest absolute Gasteiger partial charge is 0.395 e. The second-order valence-electron chi connectivity index (χ2n) is 5.80. The van der Waals surface area contributed by atoms with Crippen LogP contribution in [0.25, 0.3) is 32.7 Å². The molecule has 0 aliphatic carbocycles. The number of benzene rings is 2. The van der Waals surface area contributed by atoms with E-state index in [0.29, 0.717) is 6.54 Å². The maximum atomic E-state index is 8.83. The molecule has 5 heteroatoms. The number of pyridine rings is 1. The summed E-state index contributed by atoms with van der Waals surface area (Å²) in [7, 11) is 0. The van der Waals surface area contributed by atoms with Gasteiger partial charge in [-0.2, -0.15) is 0 Å². The molecule has 2 aromatic carbocycles. The Morgan fingerprint density at radius 3 is 2.58 bits per heavy atom. The molecule has 122 valence electrons. The molecule has 2 heterocycles. The number of nitrogens with zero attached hydrogens (tertiary/aromatic N) is 1. The highest BCUT2D eigenvalue weighted by Gasteiger charge is 2.13. The van der Waals surface area contributed by atoms with Crippen LogP contribution in [-0.4, -0.2) is 41.3 Å². The summed E-state index contributed by atoms with van der Waals surface area (Å²) in [6.45, 7) is 2.29. The molecule has 0 aliphatic rings. The van der Waals surface area contributed by atoms with Crippen molar-refractivity contribution in [3.63, 3.8) is 0 Å². The Balaban J connectivity index is 1.83. The van der Waals surface area contributed by atoms with Crippen LogP contribution in [-0.2, 0) is 0 Å². The lowest BCUT2D eigenvalue weighted by molar-refractivity contribution is 0.293. The van der Waals surface area contributed by atoms with Gasteiger partial charge in [-0.3, -0.25) is 0 Å². The molecule has 4 N–H and O–H groups in total. The second kappa shape index (κ2) is 6.47. The number of aromatic amines is 1. The van der Waals surface area contributed by atoms with E-state index in [0.717, 1.165) is 46.2 Å². The van der Waals surface area contributed by atoms with Gasteiger partial charge in [-0.1, -0.05) is 36.4 Å². The van der Waals surface area contributed by atoms with Crippen LogP contribution in [0.1, 0.15) is 0 Å². The Morgan fingerprint density at radius 1 is 0.917 bits per heavy atom. The number of para-hydroxylation sites is 2. The first-order valence-electron chi connectivity index (χ1n) is 8.23. The number of H-pyrrole nitrogens is 1. The van der Waals surface area contributed by atoms with Crippen molar-refractivity contribution in [1.29, 1.82) is 0 Å². The third-order valence-electron chi connectivity index (χ3n) is 4.23. The predicted molar refractivity (Wildman–Crippen MR) is 99.6 cm³/mol. The lowest BCUT2D eigenvalue weighted by atomic mass is 10.1. The summed E-state index contributed by atoms with van der Waals surface area (Å²) in [4.78, 5) is 8.38. The summed E-state index contributed by atoms with van der Waals surface area (Å²) in [6, 6.07) is 16.5. The summed E-state index contributed by atoms with van der Waals surface area (Å²) in [5.74, 6) is 0.895. The van der Waals surface area contributed by atoms with Gasteiger partial charge in [0.05, 0.1) is 23.0 Å². The number of rotatable bonds is 6. The van der Waals surface area contributed by atoms with E-state index in [1.807, 2.05) is 24.3 Å². The van der Waals surface area contributed by atoms with E-state index in [4.69, 9.17) is 10.1 Å². The smallest absolute Gasteiger partial charge is 0.136 e. The Labute approximate surface area is 139 Å². The third-order valence-corrected chi connectivity index (χ3v) is 4.23. The average molecular weight is 320 g/mol. The quantitative estimate of drug-likeness (QED) is 0.412. The van der Waals surface area contributed by atoms with Gasteiger partial charge in [0.25, 0.3) is 0 Å². The van der Waals surface area contributed by atoms with E-state index in [1.165, 1.54) is 5.39 Å². The van der Waals surface area contributed by atoms with Crippen molar-refractivity contribution < 1.29 is 5.11 Å². The monoisotopic (exact) mass is 320 g/mol. The summed E-state index contributed by atoms with van der Waals surface area (Å²) in [5, 5.41) is 18.9. The van der Waals surface area contributed by atoms with Gasteiger partial charge in [0.1, 0.15) is 5.82 Å². The highest BCUT2D eigenvalue weighted by Crippen LogP contribution is 2.34. The minimum absolute atomic E-state index is 0.154. The number of fused-ring (bicyclic) bond motifs is 5. The molecule has 0 bridgehead atoms. The maximum Gasteiger partial charge on any atom is 0.136 e. The van der Waals surface area contributed by atoms with Crippen molar-refractivity contribution in [2.75, 3.05) is 31.6 Å². The van der Waals surface area contributed by atoms with Crippen molar-refractivity contribution in [2.24, 2.45) is 0 Å². The molecule has 0 spiro atoms. The average Bonchev–Trinajstić information content (AvgIpc) is 3.01. The van der Waals surface area contributed by atoms with Crippen LogP contribution in [0.3, 0.4) is 0 Å². The fourth-order valence-electron chi connectivity index (χ4n) is 3.15. The van der Waals surface area contributed by atoms with Gasteiger partial charge in [0.2, 0.25) is 0 Å². The van der Waals surface area contributed by atoms with Crippen LogP contribution in [0.15, 0.2) is 48.5 Å². The van der Waals surface area contributed by atoms with Gasteiger partial charge >= 0.3 is 0 Å². The van der Waals surface area contributed by atoms with Gasteiger partial charge < -0.3 is 20.7 Å². The maximum absolute atomic E-state index is 8.83. The number of aromatic nitrogens is 2. The van der Waals surface area contributed by atoms with Crippen LogP contribution in [0, 0.1) is 0 Å². The minimum atomic E-state index is 0.154. The third kappa shape index (κ3) is 2.58. The number of hydrogen-bond donors (Lipinski definition) is 4. The highest BCUT2D eigenvalue weighted by molar-refractivity contribution is 6.20. The molecule has 4 aromatic rings. The van der Waals surface area contributed by atoms with Crippen LogP contribution in [0.4, 0.5) is 5.82 Å². The zero-order valence-corrected chi connectivity index (χ0v) is 13.3. The molecule has 4 rings (SSSR count). The SMILES string of the molecule is OCCNCCNc1nc2ccccc2c2[nH]c3ccccc3c12. The van der Waals surface area contributed by atoms with Gasteiger partial charge in [0.15, 0.2) is 0 Å². The first kappa shape index (κ1) is 14.9. The van der Waals surface area contributed by atoms with Gasteiger partial charge in [0, 0.05) is 35.9 Å². The van der Waals surface area contributed by atoms with E-state index in [-0.39, 0.29) is 6.61 Å². The molecular weight excluding hydrogens is 300 g/mol. The molecule has 0 amide bonds. The predicted octanol–water partition coefficient (Wildman–Crippen LogP) is 2.86. The molecule has 2 aromatic heterocycles. The first-order chi connectivity index (χ1) is 11.9. The van der Waals surface area contributed by atoms with E-state index >= 15 is 0 Å². The topological polar surface area (TPSA) is 73.0 Å². The lowest BCUT2D eigenvalue weighted by Crippen LogP contribution is -2.25. The Bertz CT molecular complexity index is 993. The number of nitrogens with one attached hydrogen (secondary N) is 3. The van der Waals surface area contributed by atoms with Crippen molar-refractivity contribution >= 4 is 38.5 Å². The van der Waals surface area contributed by atoms with Crippen molar-refractivity contribution in [1.82, 2.24) is 15.3 Å². The number of aliphatic hydroxyl groups excluding tert-OH is 1. The fourth-order valence-corrected chi connectivity index (χ4v) is 3.15. The van der Waals surface area contributed by atoms with Gasteiger partial charge in [-0.15, -0.1) is 0 Å². The summed E-state index contributed by atoms with van der Waals surface area (Å²) in [5.41, 5.74) is 3.21. The van der Waals surface area contributed by atoms with Crippen molar-refractivity contribution in [3.05, 3.63) is 48.5 Å². The van der Waals surface area contributed by atoms with Crippen LogP contribution in [0.2, 0.25) is 0 Å². The molecule has 24 heavy (non-hydrogen) atoms. The molecule has 0 unspecified atom stereocenters. The molecular formula is C19H20N4O. The Morgan fingerprint density at radius 2 is 1.71 bits per heavy atom. The number of anilines is 1. The van der Waals surface area contributed by atoms with Crippen LogP contribution in [0.5, 0.6) is 0 Å². The second-order valence-corrected chi connectivity index (χ2v) is 5.80. The molecule has 0 saturated heterocycles. The Hall–Kier alpha value is -2.63. The molecule has 0 atom stereocenters. The van der Waals surface area contributed by atoms with Crippen LogP contribution < -0.4 is 10.6 Å². The lowest BCUT2D eigenvalue weighted by Gasteiger charge is -2.10. The van der Waals surface area contributed by atoms with E-state index in [2.05, 4.69) is 39.9 Å². The van der Waals surface area contributed by atoms with Gasteiger partial charge in [-0.05, 0) is 12.1 Å². The summed E-state index contributed by atoms with van der Waals surface area (Å²) < 4.78 is 0. The summed E-state index contributed by atoms with van der Waals surface area (Å²) >= 11 is 0. The normalized spacial score (nSPS) is 11.5. The first-order valence-corrected chi connectivity index (χ1v) is 8.23. The van der Waals surface area contributed by atoms with Crippen molar-refractivity contribution in [3.8, 4) is 0 Å². The van der Waals surface area contributed by atoms with E-state index in [1.54, 1.807) is 0 Å². The van der Waals surface area contributed by atoms with Crippen molar-refractivity contribution in [2.45, 2.75) is 0 Å². The molecule has 0 saturated carbocycles. The van der Waals surface area contributed by atoms with Gasteiger partial charge in [-0.25, -0.2) is 4.98 Å². The molecule has 0 fully saturated rings. The summed E-state index contributed by atoms with van der Waals surface area (Å²) in [6.07, 6.45) is 0. The minimum Gasteiger partial charge on any atom is -0.395 e.